The molecule has 4 heteroatoms. The second-order valence-electron chi connectivity index (χ2n) is 7.33. The quantitative estimate of drug-likeness (QED) is 0.812. The average molecular weight is 309 g/mol. The van der Waals surface area contributed by atoms with E-state index in [2.05, 4.69) is 24.9 Å². The lowest BCUT2D eigenvalue weighted by atomic mass is 9.56. The summed E-state index contributed by atoms with van der Waals surface area (Å²) in [6, 6.07) is 6.02. The Morgan fingerprint density at radius 3 is 2.87 bits per heavy atom. The molecule has 0 bridgehead atoms. The number of hydrogen-bond acceptors (Lipinski definition) is 3. The number of aryl methyl sites for hydroxylation is 1. The second-order valence-corrected chi connectivity index (χ2v) is 7.33. The van der Waals surface area contributed by atoms with E-state index in [1.54, 1.807) is 0 Å². The lowest BCUT2D eigenvalue weighted by Gasteiger charge is -2.46. The molecule has 0 radical (unpaired) electrons. The number of carbonyl (C=O) groups excluding carboxylic acids is 1. The number of pyridine rings is 1. The van der Waals surface area contributed by atoms with Crippen molar-refractivity contribution >= 4 is 5.78 Å². The van der Waals surface area contributed by atoms with Crippen LogP contribution in [0.25, 0.3) is 11.4 Å². The molecule has 1 fully saturated rings. The number of aromatic nitrogens is 3. The monoisotopic (exact) mass is 309 g/mol. The van der Waals surface area contributed by atoms with Crippen molar-refractivity contribution in [3.8, 4) is 11.4 Å². The normalized spacial score (nSPS) is 30.0. The van der Waals surface area contributed by atoms with Crippen molar-refractivity contribution in [1.29, 1.82) is 0 Å². The van der Waals surface area contributed by atoms with Crippen LogP contribution in [0.15, 0.2) is 24.4 Å². The summed E-state index contributed by atoms with van der Waals surface area (Å²) in [6.45, 7) is 4.42. The van der Waals surface area contributed by atoms with Gasteiger partial charge in [-0.2, -0.15) is 5.10 Å². The number of carbonyl (C=O) groups is 1. The third kappa shape index (κ3) is 2.00. The first-order chi connectivity index (χ1) is 11.0. The Morgan fingerprint density at radius 1 is 1.30 bits per heavy atom. The van der Waals surface area contributed by atoms with Crippen LogP contribution in [0.4, 0.5) is 0 Å². The van der Waals surface area contributed by atoms with Gasteiger partial charge in [0.25, 0.3) is 0 Å². The zero-order valence-electron chi connectivity index (χ0n) is 14.0. The molecule has 0 saturated heterocycles. The van der Waals surface area contributed by atoms with E-state index in [1.165, 1.54) is 11.3 Å². The highest BCUT2D eigenvalue weighted by atomic mass is 16.1. The van der Waals surface area contributed by atoms with Gasteiger partial charge in [0.2, 0.25) is 0 Å². The first kappa shape index (κ1) is 14.6. The van der Waals surface area contributed by atoms with Crippen molar-refractivity contribution in [1.82, 2.24) is 14.8 Å². The van der Waals surface area contributed by atoms with Crippen LogP contribution in [-0.4, -0.2) is 20.5 Å². The maximum absolute atomic E-state index is 12.2. The first-order valence-corrected chi connectivity index (χ1v) is 8.53. The van der Waals surface area contributed by atoms with Gasteiger partial charge in [0.15, 0.2) is 0 Å². The molecule has 0 amide bonds. The molecule has 0 N–H and O–H groups in total. The number of Topliss-reactive ketones (excluding diaryl/α,β-unsaturated/α-hetero) is 1. The van der Waals surface area contributed by atoms with E-state index < -0.39 is 0 Å². The summed E-state index contributed by atoms with van der Waals surface area (Å²) >= 11 is 0. The van der Waals surface area contributed by atoms with Gasteiger partial charge in [-0.1, -0.05) is 19.9 Å². The zero-order valence-corrected chi connectivity index (χ0v) is 14.0. The van der Waals surface area contributed by atoms with E-state index in [0.29, 0.717) is 18.1 Å². The minimum Gasteiger partial charge on any atom is -0.299 e. The van der Waals surface area contributed by atoms with E-state index in [1.807, 2.05) is 30.1 Å². The minimum atomic E-state index is 0.0195. The van der Waals surface area contributed by atoms with Crippen molar-refractivity contribution in [3.63, 3.8) is 0 Å². The first-order valence-electron chi connectivity index (χ1n) is 8.53. The fraction of sp³-hybridized carbons (Fsp3) is 0.526. The van der Waals surface area contributed by atoms with Crippen LogP contribution < -0.4 is 0 Å². The third-order valence-corrected chi connectivity index (χ3v) is 6.12. The van der Waals surface area contributed by atoms with Gasteiger partial charge in [-0.05, 0) is 37.3 Å². The fourth-order valence-electron chi connectivity index (χ4n) is 4.82. The molecule has 2 aliphatic carbocycles. The number of nitrogens with zero attached hydrogens (tertiary/aromatic N) is 3. The predicted octanol–water partition coefficient (Wildman–Crippen LogP) is 3.30. The molecule has 2 heterocycles. The lowest BCUT2D eigenvalue weighted by molar-refractivity contribution is -0.128. The van der Waals surface area contributed by atoms with Gasteiger partial charge in [0.1, 0.15) is 5.78 Å². The molecule has 4 nitrogen and oxygen atoms in total. The van der Waals surface area contributed by atoms with Crippen LogP contribution in [0.1, 0.15) is 44.4 Å². The van der Waals surface area contributed by atoms with Crippen molar-refractivity contribution in [3.05, 3.63) is 35.7 Å². The Bertz CT molecular complexity index is 764. The molecule has 0 unspecified atom stereocenters. The summed E-state index contributed by atoms with van der Waals surface area (Å²) in [5, 5.41) is 4.91. The summed E-state index contributed by atoms with van der Waals surface area (Å²) in [4.78, 5) is 16.7. The zero-order chi connectivity index (χ0) is 16.2. The van der Waals surface area contributed by atoms with Crippen molar-refractivity contribution in [2.45, 2.75) is 44.9 Å². The molecule has 0 aliphatic heterocycles. The SMILES string of the molecule is C[C@@H]1C(=O)CC[C@]2(C)c3nn(C)c(-c4ccccn4)c3CC[C@@H]12. The highest BCUT2D eigenvalue weighted by Gasteiger charge is 2.50. The predicted molar refractivity (Wildman–Crippen MR) is 89.0 cm³/mol. The number of ketones is 1. The summed E-state index contributed by atoms with van der Waals surface area (Å²) in [5.41, 5.74) is 4.70. The second kappa shape index (κ2) is 5.02. The maximum Gasteiger partial charge on any atom is 0.136 e. The molecule has 23 heavy (non-hydrogen) atoms. The molecular formula is C19H23N3O. The molecule has 2 aromatic rings. The molecule has 2 aliphatic rings. The molecule has 0 spiro atoms. The van der Waals surface area contributed by atoms with E-state index >= 15 is 0 Å². The lowest BCUT2D eigenvalue weighted by Crippen LogP contribution is -2.46. The molecular weight excluding hydrogens is 286 g/mol. The Kier molecular flexibility index (Phi) is 3.19. The van der Waals surface area contributed by atoms with E-state index in [-0.39, 0.29) is 11.3 Å². The molecule has 120 valence electrons. The maximum atomic E-state index is 12.2. The summed E-state index contributed by atoms with van der Waals surface area (Å²) < 4.78 is 1.99. The number of hydrogen-bond donors (Lipinski definition) is 0. The summed E-state index contributed by atoms with van der Waals surface area (Å²) in [6.07, 6.45) is 5.51. The standard InChI is InChI=1S/C19H23N3O/c1-12-14-8-7-13-17(15-6-4-5-11-20-15)22(3)21-18(13)19(14,2)10-9-16(12)23/h4-6,11-12,14H,7-10H2,1-3H3/t12-,14-,19-/m0/s1. The van der Waals surface area contributed by atoms with Gasteiger partial charge in [-0.3, -0.25) is 14.5 Å². The van der Waals surface area contributed by atoms with Crippen molar-refractivity contribution in [2.75, 3.05) is 0 Å². The van der Waals surface area contributed by atoms with Crippen LogP contribution in [0.2, 0.25) is 0 Å². The highest BCUT2D eigenvalue weighted by Crippen LogP contribution is 2.52. The Labute approximate surface area is 136 Å². The fourth-order valence-corrected chi connectivity index (χ4v) is 4.82. The number of fused-ring (bicyclic) bond motifs is 3. The minimum absolute atomic E-state index is 0.0195. The van der Waals surface area contributed by atoms with E-state index in [4.69, 9.17) is 5.10 Å². The Balaban J connectivity index is 1.86. The smallest absolute Gasteiger partial charge is 0.136 e. The van der Waals surface area contributed by atoms with E-state index in [0.717, 1.165) is 30.7 Å². The molecule has 1 saturated carbocycles. The average Bonchev–Trinajstić information content (AvgIpc) is 2.90. The van der Waals surface area contributed by atoms with Gasteiger partial charge in [0, 0.05) is 36.6 Å². The largest absolute Gasteiger partial charge is 0.299 e. The van der Waals surface area contributed by atoms with Crippen LogP contribution >= 0.6 is 0 Å². The molecule has 0 aromatic carbocycles. The van der Waals surface area contributed by atoms with Crippen LogP contribution in [0, 0.1) is 11.8 Å². The van der Waals surface area contributed by atoms with Gasteiger partial charge >= 0.3 is 0 Å². The van der Waals surface area contributed by atoms with Crippen LogP contribution in [-0.2, 0) is 23.7 Å². The van der Waals surface area contributed by atoms with Crippen molar-refractivity contribution in [2.24, 2.45) is 18.9 Å². The van der Waals surface area contributed by atoms with Crippen LogP contribution in [0.3, 0.4) is 0 Å². The number of rotatable bonds is 1. The van der Waals surface area contributed by atoms with Crippen molar-refractivity contribution < 1.29 is 4.79 Å². The molecule has 2 aromatic heterocycles. The summed E-state index contributed by atoms with van der Waals surface area (Å²) in [5.74, 6) is 1.00. The Hall–Kier alpha value is -1.97. The molecule has 4 rings (SSSR count). The summed E-state index contributed by atoms with van der Waals surface area (Å²) in [7, 11) is 2.01. The highest BCUT2D eigenvalue weighted by molar-refractivity contribution is 5.82. The van der Waals surface area contributed by atoms with Gasteiger partial charge in [-0.15, -0.1) is 0 Å². The van der Waals surface area contributed by atoms with Gasteiger partial charge < -0.3 is 0 Å². The van der Waals surface area contributed by atoms with Crippen LogP contribution in [0.5, 0.6) is 0 Å². The van der Waals surface area contributed by atoms with Gasteiger partial charge in [-0.25, -0.2) is 0 Å². The van der Waals surface area contributed by atoms with Gasteiger partial charge in [0.05, 0.1) is 17.1 Å². The topological polar surface area (TPSA) is 47.8 Å². The van der Waals surface area contributed by atoms with E-state index in [9.17, 15) is 4.79 Å². The Morgan fingerprint density at radius 2 is 2.13 bits per heavy atom. The third-order valence-electron chi connectivity index (χ3n) is 6.12. The molecule has 3 atom stereocenters.